The molecule has 2 aromatic rings. The van der Waals surface area contributed by atoms with Crippen molar-refractivity contribution >= 4 is 33.1 Å². The minimum absolute atomic E-state index is 0.425. The fourth-order valence-electron chi connectivity index (χ4n) is 1.43. The highest BCUT2D eigenvalue weighted by Crippen LogP contribution is 2.22. The molecule has 4 nitrogen and oxygen atoms in total. The maximum absolute atomic E-state index is 5.48. The van der Waals surface area contributed by atoms with E-state index in [0.29, 0.717) is 6.54 Å². The Labute approximate surface area is 113 Å². The number of nitrogens with two attached hydrogens (primary N) is 1. The van der Waals surface area contributed by atoms with Crippen LogP contribution in [0.3, 0.4) is 0 Å². The lowest BCUT2D eigenvalue weighted by Crippen LogP contribution is -2.17. The van der Waals surface area contributed by atoms with E-state index in [9.17, 15) is 0 Å². The molecule has 0 aliphatic rings. The average molecular weight is 313 g/mol. The van der Waals surface area contributed by atoms with Gasteiger partial charge in [0.05, 0.1) is 21.9 Å². The van der Waals surface area contributed by atoms with E-state index in [-0.39, 0.29) is 0 Å². The molecule has 90 valence electrons. The van der Waals surface area contributed by atoms with Gasteiger partial charge in [-0.2, -0.15) is 0 Å². The second-order valence-electron chi connectivity index (χ2n) is 3.69. The van der Waals surface area contributed by atoms with Crippen molar-refractivity contribution < 1.29 is 0 Å². The summed E-state index contributed by atoms with van der Waals surface area (Å²) < 4.78 is 1.14. The van der Waals surface area contributed by atoms with Gasteiger partial charge in [-0.1, -0.05) is 0 Å². The van der Waals surface area contributed by atoms with E-state index in [1.165, 1.54) is 5.56 Å². The van der Waals surface area contributed by atoms with Gasteiger partial charge >= 0.3 is 0 Å². The summed E-state index contributed by atoms with van der Waals surface area (Å²) in [6.07, 6.45) is 3.47. The van der Waals surface area contributed by atoms with Crippen LogP contribution >= 0.6 is 27.3 Å². The van der Waals surface area contributed by atoms with Crippen LogP contribution in [0.1, 0.15) is 11.3 Å². The van der Waals surface area contributed by atoms with E-state index in [0.717, 1.165) is 21.8 Å². The van der Waals surface area contributed by atoms with Gasteiger partial charge in [-0.15, -0.1) is 11.3 Å². The molecule has 0 radical (unpaired) electrons. The van der Waals surface area contributed by atoms with Gasteiger partial charge in [0.1, 0.15) is 5.82 Å². The zero-order chi connectivity index (χ0) is 12.3. The summed E-state index contributed by atoms with van der Waals surface area (Å²) in [6, 6.07) is 2.11. The molecule has 2 aromatic heterocycles. The standard InChI is InChI=1S/C11H13BrN4S/c1-16(6-8-2-10(12)17-7-8)11-5-14-9(3-13)4-15-11/h2,4-5,7H,3,6,13H2,1H3. The minimum Gasteiger partial charge on any atom is -0.354 e. The van der Waals surface area contributed by atoms with Gasteiger partial charge in [-0.05, 0) is 32.9 Å². The van der Waals surface area contributed by atoms with Gasteiger partial charge in [0.25, 0.3) is 0 Å². The molecule has 0 unspecified atom stereocenters. The highest BCUT2D eigenvalue weighted by atomic mass is 79.9. The predicted molar refractivity (Wildman–Crippen MR) is 74.0 cm³/mol. The van der Waals surface area contributed by atoms with Crippen molar-refractivity contribution in [1.82, 2.24) is 9.97 Å². The smallest absolute Gasteiger partial charge is 0.147 e. The number of rotatable bonds is 4. The van der Waals surface area contributed by atoms with Gasteiger partial charge in [0.2, 0.25) is 0 Å². The van der Waals surface area contributed by atoms with Crippen LogP contribution in [0.25, 0.3) is 0 Å². The van der Waals surface area contributed by atoms with Gasteiger partial charge in [-0.25, -0.2) is 4.98 Å². The second kappa shape index (κ2) is 5.57. The van der Waals surface area contributed by atoms with Gasteiger partial charge in [0.15, 0.2) is 0 Å². The molecule has 0 atom stereocenters. The van der Waals surface area contributed by atoms with Crippen molar-refractivity contribution in [2.45, 2.75) is 13.1 Å². The van der Waals surface area contributed by atoms with Crippen LogP contribution in [0.5, 0.6) is 0 Å². The SMILES string of the molecule is CN(Cc1csc(Br)c1)c1cnc(CN)cn1. The number of halogens is 1. The monoisotopic (exact) mass is 312 g/mol. The quantitative estimate of drug-likeness (QED) is 0.942. The van der Waals surface area contributed by atoms with Crippen molar-refractivity contribution in [3.63, 3.8) is 0 Å². The predicted octanol–water partition coefficient (Wildman–Crippen LogP) is 2.40. The summed E-state index contributed by atoms with van der Waals surface area (Å²) in [7, 11) is 2.00. The largest absolute Gasteiger partial charge is 0.354 e. The summed E-state index contributed by atoms with van der Waals surface area (Å²) >= 11 is 5.14. The zero-order valence-corrected chi connectivity index (χ0v) is 11.8. The van der Waals surface area contributed by atoms with E-state index < -0.39 is 0 Å². The summed E-state index contributed by atoms with van der Waals surface area (Å²) in [4.78, 5) is 10.6. The molecule has 0 spiro atoms. The first-order valence-electron chi connectivity index (χ1n) is 5.14. The number of hydrogen-bond acceptors (Lipinski definition) is 5. The number of hydrogen-bond donors (Lipinski definition) is 1. The molecule has 0 fully saturated rings. The highest BCUT2D eigenvalue weighted by Gasteiger charge is 2.05. The van der Waals surface area contributed by atoms with E-state index in [1.54, 1.807) is 23.7 Å². The van der Waals surface area contributed by atoms with Crippen LogP contribution in [-0.2, 0) is 13.1 Å². The fraction of sp³-hybridized carbons (Fsp3) is 0.273. The van der Waals surface area contributed by atoms with Gasteiger partial charge < -0.3 is 10.6 Å². The maximum atomic E-state index is 5.48. The molecule has 2 N–H and O–H groups in total. The average Bonchev–Trinajstić information content (AvgIpc) is 2.75. The Morgan fingerprint density at radius 2 is 2.24 bits per heavy atom. The zero-order valence-electron chi connectivity index (χ0n) is 9.43. The molecular weight excluding hydrogens is 300 g/mol. The first kappa shape index (κ1) is 12.5. The summed E-state index contributed by atoms with van der Waals surface area (Å²) in [5.41, 5.74) is 7.55. The molecule has 2 heterocycles. The lowest BCUT2D eigenvalue weighted by molar-refractivity contribution is 0.876. The molecular formula is C11H13BrN4S. The Bertz CT molecular complexity index is 482. The van der Waals surface area contributed by atoms with E-state index >= 15 is 0 Å². The Hall–Kier alpha value is -0.980. The van der Waals surface area contributed by atoms with Gasteiger partial charge in [-0.3, -0.25) is 4.98 Å². The third-order valence-corrected chi connectivity index (χ3v) is 3.89. The Morgan fingerprint density at radius 1 is 1.41 bits per heavy atom. The first-order chi connectivity index (χ1) is 8.19. The molecule has 0 aliphatic heterocycles. The number of aromatic nitrogens is 2. The van der Waals surface area contributed by atoms with Crippen molar-refractivity contribution in [2.24, 2.45) is 5.73 Å². The van der Waals surface area contributed by atoms with Crippen LogP contribution in [0.2, 0.25) is 0 Å². The molecule has 0 amide bonds. The molecule has 0 aliphatic carbocycles. The molecule has 0 saturated carbocycles. The maximum Gasteiger partial charge on any atom is 0.147 e. The fourth-order valence-corrected chi connectivity index (χ4v) is 2.63. The van der Waals surface area contributed by atoms with Gasteiger partial charge in [0, 0.05) is 20.1 Å². The summed E-state index contributed by atoms with van der Waals surface area (Å²) in [6.45, 7) is 1.24. The van der Waals surface area contributed by atoms with Crippen LogP contribution in [-0.4, -0.2) is 17.0 Å². The van der Waals surface area contributed by atoms with Crippen LogP contribution < -0.4 is 10.6 Å². The molecule has 0 aromatic carbocycles. The van der Waals surface area contributed by atoms with E-state index in [1.807, 2.05) is 7.05 Å². The lowest BCUT2D eigenvalue weighted by Gasteiger charge is -2.16. The molecule has 2 rings (SSSR count). The first-order valence-corrected chi connectivity index (χ1v) is 6.81. The third kappa shape index (κ3) is 3.24. The Morgan fingerprint density at radius 3 is 2.76 bits per heavy atom. The number of thiophene rings is 1. The molecule has 17 heavy (non-hydrogen) atoms. The van der Waals surface area contributed by atoms with Crippen LogP contribution in [0.4, 0.5) is 5.82 Å². The normalized spacial score (nSPS) is 10.5. The Balaban J connectivity index is 2.06. The van der Waals surface area contributed by atoms with Crippen molar-refractivity contribution in [2.75, 3.05) is 11.9 Å². The second-order valence-corrected chi connectivity index (χ2v) is 5.98. The summed E-state index contributed by atoms with van der Waals surface area (Å²) in [5.74, 6) is 0.851. The van der Waals surface area contributed by atoms with Crippen LogP contribution in [0.15, 0.2) is 27.6 Å². The molecule has 0 saturated heterocycles. The van der Waals surface area contributed by atoms with Crippen molar-refractivity contribution in [1.29, 1.82) is 0 Å². The third-order valence-electron chi connectivity index (χ3n) is 2.33. The van der Waals surface area contributed by atoms with Crippen molar-refractivity contribution in [3.05, 3.63) is 38.9 Å². The number of nitrogens with zero attached hydrogens (tertiary/aromatic N) is 3. The molecule has 0 bridgehead atoms. The summed E-state index contributed by atoms with van der Waals surface area (Å²) in [5, 5.41) is 2.13. The van der Waals surface area contributed by atoms with Crippen LogP contribution in [0, 0.1) is 0 Å². The Kier molecular flexibility index (Phi) is 4.09. The topological polar surface area (TPSA) is 55.0 Å². The van der Waals surface area contributed by atoms with E-state index in [2.05, 4.69) is 42.2 Å². The minimum atomic E-state index is 0.425. The number of anilines is 1. The van der Waals surface area contributed by atoms with Crippen molar-refractivity contribution in [3.8, 4) is 0 Å². The van der Waals surface area contributed by atoms with E-state index in [4.69, 9.17) is 5.73 Å². The molecule has 6 heteroatoms. The lowest BCUT2D eigenvalue weighted by atomic mass is 10.3. The highest BCUT2D eigenvalue weighted by molar-refractivity contribution is 9.11.